The molecule has 0 spiro atoms. The average molecular weight is 1900 g/mol. The van der Waals surface area contributed by atoms with Crippen molar-refractivity contribution in [1.82, 2.24) is 9.80 Å². The van der Waals surface area contributed by atoms with Gasteiger partial charge in [-0.3, -0.25) is 33.6 Å². The molecule has 4 aliphatic rings. The Kier molecular flexibility index (Phi) is 42.0. The number of phenolic OH excluding ortho intramolecular Hbond substituents is 2. The second-order valence-corrected chi connectivity index (χ2v) is 39.8. The third-order valence-electron chi connectivity index (χ3n) is 25.2. The lowest BCUT2D eigenvalue weighted by molar-refractivity contribution is -0.160. The second kappa shape index (κ2) is 51.8. The Labute approximate surface area is 792 Å². The van der Waals surface area contributed by atoms with Crippen LogP contribution in [0, 0.1) is 28.6 Å². The number of allylic oxidation sites excluding steroid dienone is 2. The molecule has 4 saturated carbocycles. The molecule has 0 radical (unpaired) electrons. The minimum absolute atomic E-state index is 0.0240. The number of alkyl halides is 2. The monoisotopic (exact) mass is 1900 g/mol. The van der Waals surface area contributed by atoms with Crippen molar-refractivity contribution in [2.45, 2.75) is 305 Å². The van der Waals surface area contributed by atoms with E-state index in [1.54, 1.807) is 24.9 Å². The second-order valence-electron chi connectivity index (χ2n) is 38.6. The summed E-state index contributed by atoms with van der Waals surface area (Å²) in [5.41, 5.74) is 14.9. The number of aryl methyl sites for hydroxylation is 6. The number of hydrogen-bond acceptors (Lipinski definition) is 14. The first-order valence-corrected chi connectivity index (χ1v) is 49.2. The molecule has 16 nitrogen and oxygen atoms in total. The average Bonchev–Trinajstić information content (AvgIpc) is 0.983. The van der Waals surface area contributed by atoms with E-state index in [0.29, 0.717) is 49.2 Å². The first kappa shape index (κ1) is 105. The van der Waals surface area contributed by atoms with Crippen molar-refractivity contribution in [2.75, 3.05) is 14.1 Å². The SMILES string of the molecule is C=C(C)c1cc(C(=O)N(C)Cc2cccc(CCC(C)(C)C(=O)OC3CCCC3)c2)c(C)cc1OCc1ccccc1.C=C(C)c1cc(C(=O)N(C)Cc2cccc(CCC(C)(C)C(=O)OC3CCCC3)c2)c(O)cc1O.CC(C)(CCc1cccc(CBr)c1)C(=O)OC1CCCC1.CCCc1cccc(CCC(C)(C)C(=O)OC2CCCC2)c1.O=Cc1cccc(CBr)c1. The summed E-state index contributed by atoms with van der Waals surface area (Å²) in [6.07, 6.45) is 27.4. The fraction of sp³-hybridized carbons (Fsp3) is 0.473. The van der Waals surface area contributed by atoms with E-state index in [1.807, 2.05) is 173 Å². The Bertz CT molecular complexity index is 5040. The van der Waals surface area contributed by atoms with Gasteiger partial charge in [0.05, 0.1) is 27.2 Å². The Morgan fingerprint density at radius 1 is 0.392 bits per heavy atom. The molecule has 8 aromatic rings. The van der Waals surface area contributed by atoms with Crippen LogP contribution in [0.3, 0.4) is 0 Å². The molecule has 4 aliphatic carbocycles. The van der Waals surface area contributed by atoms with E-state index in [-0.39, 0.29) is 77.2 Å². The van der Waals surface area contributed by atoms with Crippen LogP contribution in [0.4, 0.5) is 0 Å². The van der Waals surface area contributed by atoms with Gasteiger partial charge in [-0.25, -0.2) is 0 Å². The van der Waals surface area contributed by atoms with Gasteiger partial charge in [0.2, 0.25) is 0 Å². The van der Waals surface area contributed by atoms with Crippen LogP contribution in [0.25, 0.3) is 11.1 Å². The highest BCUT2D eigenvalue weighted by Crippen LogP contribution is 2.38. The highest BCUT2D eigenvalue weighted by molar-refractivity contribution is 9.08. The smallest absolute Gasteiger partial charge is 0.311 e. The summed E-state index contributed by atoms with van der Waals surface area (Å²) < 4.78 is 29.0. The Balaban J connectivity index is 0.000000213. The molecule has 0 aromatic heterocycles. The molecule has 8 aromatic carbocycles. The number of esters is 4. The molecule has 0 aliphatic heterocycles. The number of benzene rings is 8. The van der Waals surface area contributed by atoms with Crippen LogP contribution < -0.4 is 4.74 Å². The van der Waals surface area contributed by atoms with Crippen LogP contribution in [0.5, 0.6) is 17.2 Å². The predicted molar refractivity (Wildman–Crippen MR) is 531 cm³/mol. The van der Waals surface area contributed by atoms with E-state index in [9.17, 15) is 43.8 Å². The number of ether oxygens (including phenoxy) is 5. The van der Waals surface area contributed by atoms with E-state index in [4.69, 9.17) is 23.7 Å². The summed E-state index contributed by atoms with van der Waals surface area (Å²) in [6.45, 7) is 32.9. The van der Waals surface area contributed by atoms with Gasteiger partial charge in [0.1, 0.15) is 54.6 Å². The first-order valence-electron chi connectivity index (χ1n) is 46.9. The molecule has 2 amide bonds. The van der Waals surface area contributed by atoms with Crippen molar-refractivity contribution in [3.63, 3.8) is 0 Å². The van der Waals surface area contributed by atoms with Gasteiger partial charge in [-0.05, 0) is 333 Å². The molecule has 2 N–H and O–H groups in total. The van der Waals surface area contributed by atoms with Crippen molar-refractivity contribution in [3.05, 3.63) is 278 Å². The fourth-order valence-corrected chi connectivity index (χ4v) is 17.1. The molecule has 12 rings (SSSR count). The third-order valence-corrected chi connectivity index (χ3v) is 26.5. The van der Waals surface area contributed by atoms with Gasteiger partial charge in [0.25, 0.3) is 11.8 Å². The van der Waals surface area contributed by atoms with E-state index >= 15 is 0 Å². The van der Waals surface area contributed by atoms with Crippen LogP contribution >= 0.6 is 31.9 Å². The maximum Gasteiger partial charge on any atom is 0.311 e. The normalized spacial score (nSPS) is 14.2. The summed E-state index contributed by atoms with van der Waals surface area (Å²) >= 11 is 6.79. The predicted octanol–water partition coefficient (Wildman–Crippen LogP) is 26.7. The summed E-state index contributed by atoms with van der Waals surface area (Å²) in [6, 6.07) is 57.5. The molecule has 4 fully saturated rings. The van der Waals surface area contributed by atoms with Gasteiger partial charge in [-0.2, -0.15) is 0 Å². The Morgan fingerprint density at radius 3 is 1.06 bits per heavy atom. The standard InChI is InChI=1S/C37H45NO4.C29H37NO5.C20H30O2.C18H25BrO2.C8H7BrO/c1-26(2)32-23-33(27(3)21-34(32)41-25-29-13-8-7-9-14-29)35(39)38(6)24-30-16-12-15-28(22-30)19-20-37(4,5)36(40)42-31-17-10-11-18-31;1-19(2)23-16-24(26(32)17-25(23)31)27(33)30(5)18-21-10-8-9-20(15-21)13-14-29(3,4)28(34)35-22-11-6-7-12-22;1-4-8-16-9-7-10-17(15-16)13-14-20(2,3)19(21)22-18-11-5-6-12-18;1-18(2,17(20)21-16-8-3-4-9-16)11-10-14-6-5-7-15(12-14)13-19;9-5-7-2-1-3-8(4-7)6-10/h7-9,12-16,21-23,31H,1,10-11,17-20,24-25H2,2-6H3;8-10,15-17,22,31-32H,1,6-7,11-14,18H2,2-5H3;7,9-10,15,18H,4-6,8,11-14H2,1-3H3;5-7,12,16H,3-4,8-11,13H2,1-2H3;1-4,6H,5H2. The van der Waals surface area contributed by atoms with Gasteiger partial charge in [-0.1, -0.05) is 204 Å². The number of aromatic hydroxyl groups is 2. The molecular weight excluding hydrogens is 1760 g/mol. The minimum Gasteiger partial charge on any atom is -0.507 e. The first-order chi connectivity index (χ1) is 61.9. The molecule has 0 bridgehead atoms. The van der Waals surface area contributed by atoms with Crippen LogP contribution in [-0.4, -0.2) is 101 Å². The number of hydrogen-bond donors (Lipinski definition) is 2. The molecule has 0 heterocycles. The maximum absolute atomic E-state index is 13.6. The van der Waals surface area contributed by atoms with Crippen LogP contribution in [0.1, 0.15) is 314 Å². The molecule has 700 valence electrons. The maximum atomic E-state index is 13.6. The lowest BCUT2D eigenvalue weighted by Crippen LogP contribution is -2.30. The topological polar surface area (TPSA) is 213 Å². The summed E-state index contributed by atoms with van der Waals surface area (Å²) in [5.74, 6) is -0.356. The number of phenols is 2. The summed E-state index contributed by atoms with van der Waals surface area (Å²) in [5, 5.41) is 21.9. The lowest BCUT2D eigenvalue weighted by atomic mass is 9.86. The zero-order chi connectivity index (χ0) is 94.7. The number of halogens is 2. The number of carbonyl (C=O) groups excluding carboxylic acids is 7. The Hall–Kier alpha value is -9.91. The zero-order valence-corrected chi connectivity index (χ0v) is 83.1. The molecule has 0 saturated heterocycles. The molecule has 18 heteroatoms. The quantitative estimate of drug-likeness (QED) is 0.0162. The lowest BCUT2D eigenvalue weighted by Gasteiger charge is -2.25. The van der Waals surface area contributed by atoms with E-state index in [1.165, 1.54) is 71.4 Å². The fourth-order valence-electron chi connectivity index (χ4n) is 16.4. The van der Waals surface area contributed by atoms with Gasteiger partial charge >= 0.3 is 23.9 Å². The van der Waals surface area contributed by atoms with E-state index < -0.39 is 21.7 Å². The van der Waals surface area contributed by atoms with Crippen molar-refractivity contribution in [1.29, 1.82) is 0 Å². The largest absolute Gasteiger partial charge is 0.507 e. The van der Waals surface area contributed by atoms with Crippen molar-refractivity contribution < 1.29 is 67.5 Å². The van der Waals surface area contributed by atoms with Gasteiger partial charge in [0.15, 0.2) is 0 Å². The van der Waals surface area contributed by atoms with Gasteiger partial charge in [-0.15, -0.1) is 0 Å². The highest BCUT2D eigenvalue weighted by Gasteiger charge is 2.37. The summed E-state index contributed by atoms with van der Waals surface area (Å²) in [7, 11) is 3.50. The molecule has 130 heavy (non-hydrogen) atoms. The van der Waals surface area contributed by atoms with Crippen molar-refractivity contribution >= 4 is 85.0 Å². The number of nitrogens with zero attached hydrogens (tertiary/aromatic N) is 2. The molecule has 0 atom stereocenters. The van der Waals surface area contributed by atoms with Crippen molar-refractivity contribution in [2.24, 2.45) is 21.7 Å². The molecular formula is C112H144Br2N2O14. The van der Waals surface area contributed by atoms with Crippen LogP contribution in [0.2, 0.25) is 0 Å². The number of carbonyl (C=O) groups is 7. The number of aldehydes is 1. The summed E-state index contributed by atoms with van der Waals surface area (Å²) in [4.78, 5) is 90.3. The number of amides is 2. The molecule has 0 unspecified atom stereocenters. The van der Waals surface area contributed by atoms with E-state index in [0.717, 1.165) is 200 Å². The van der Waals surface area contributed by atoms with Crippen molar-refractivity contribution in [3.8, 4) is 17.2 Å². The number of rotatable bonds is 36. The van der Waals surface area contributed by atoms with Gasteiger partial charge in [0, 0.05) is 66.2 Å². The Morgan fingerprint density at radius 2 is 0.700 bits per heavy atom. The van der Waals surface area contributed by atoms with Gasteiger partial charge < -0.3 is 43.7 Å². The highest BCUT2D eigenvalue weighted by atomic mass is 79.9. The van der Waals surface area contributed by atoms with Crippen LogP contribution in [-0.2, 0) is 101 Å². The minimum atomic E-state index is -0.567. The van der Waals surface area contributed by atoms with Crippen LogP contribution in [0.15, 0.2) is 189 Å². The third kappa shape index (κ3) is 34.0. The zero-order valence-electron chi connectivity index (χ0n) is 79.9. The van der Waals surface area contributed by atoms with E-state index in [2.05, 4.69) is 113 Å².